The van der Waals surface area contributed by atoms with Crippen LogP contribution in [0.1, 0.15) is 0 Å². The highest BCUT2D eigenvalue weighted by Crippen LogP contribution is 2.36. The predicted octanol–water partition coefficient (Wildman–Crippen LogP) is 0.493. The van der Waals surface area contributed by atoms with Crippen molar-refractivity contribution in [3.8, 4) is 5.75 Å². The van der Waals surface area contributed by atoms with Gasteiger partial charge >= 0.3 is 23.3 Å². The number of hydrogen-bond acceptors (Lipinski definition) is 7. The lowest BCUT2D eigenvalue weighted by Crippen LogP contribution is -2.19. The second-order valence-corrected chi connectivity index (χ2v) is 2.83. The fourth-order valence-corrected chi connectivity index (χ4v) is 1.07. The van der Waals surface area contributed by atoms with Crippen LogP contribution in [0.3, 0.4) is 0 Å². The number of para-hydroxylation sites is 1. The molecule has 10 heteroatoms. The van der Waals surface area contributed by atoms with Crippen LogP contribution in [-0.2, 0) is 9.59 Å². The number of aliphatic carboxylic acids is 1. The Morgan fingerprint density at radius 1 is 1.17 bits per heavy atom. The second-order valence-electron chi connectivity index (χ2n) is 2.83. The number of carboxylic acids is 1. The van der Waals surface area contributed by atoms with Crippen LogP contribution < -0.4 is 4.74 Å². The standard InChI is InChI=1S/C8H4N2O8/c11-7(12)8(13)18-5-3-1-2-4(9(14)15)6(5)10(16)17/h1-3H,(H,11,12). The summed E-state index contributed by atoms with van der Waals surface area (Å²) in [4.78, 5) is 40.0. The Balaban J connectivity index is 3.32. The van der Waals surface area contributed by atoms with E-state index in [1.807, 2.05) is 0 Å². The largest absolute Gasteiger partial charge is 0.473 e. The van der Waals surface area contributed by atoms with E-state index in [9.17, 15) is 29.8 Å². The van der Waals surface area contributed by atoms with Crippen LogP contribution in [0.4, 0.5) is 11.4 Å². The average Bonchev–Trinajstić information content (AvgIpc) is 2.27. The summed E-state index contributed by atoms with van der Waals surface area (Å²) in [5, 5.41) is 29.5. The van der Waals surface area contributed by atoms with Gasteiger partial charge in [-0.1, -0.05) is 6.07 Å². The Bertz CT molecular complexity index is 552. The third-order valence-corrected chi connectivity index (χ3v) is 1.73. The topological polar surface area (TPSA) is 150 Å². The molecule has 0 amide bonds. The smallest absolute Gasteiger partial charge is 0.422 e. The Morgan fingerprint density at radius 2 is 1.78 bits per heavy atom. The van der Waals surface area contributed by atoms with E-state index in [1.165, 1.54) is 0 Å². The molecule has 0 unspecified atom stereocenters. The molecule has 1 rings (SSSR count). The highest BCUT2D eigenvalue weighted by Gasteiger charge is 2.31. The molecule has 94 valence electrons. The lowest BCUT2D eigenvalue weighted by molar-refractivity contribution is -0.423. The van der Waals surface area contributed by atoms with E-state index >= 15 is 0 Å². The molecule has 1 N–H and O–H groups in total. The first-order chi connectivity index (χ1) is 8.34. The van der Waals surface area contributed by atoms with E-state index in [0.29, 0.717) is 0 Å². The summed E-state index contributed by atoms with van der Waals surface area (Å²) in [7, 11) is 0. The van der Waals surface area contributed by atoms with Crippen molar-refractivity contribution in [2.45, 2.75) is 0 Å². The number of hydrogen-bond donors (Lipinski definition) is 1. The molecular formula is C8H4N2O8. The Kier molecular flexibility index (Phi) is 3.52. The van der Waals surface area contributed by atoms with Crippen molar-refractivity contribution in [3.05, 3.63) is 38.4 Å². The van der Waals surface area contributed by atoms with E-state index in [0.717, 1.165) is 18.2 Å². The Labute approximate surface area is 97.7 Å². The Morgan fingerprint density at radius 3 is 2.22 bits per heavy atom. The highest BCUT2D eigenvalue weighted by atomic mass is 16.6. The fourth-order valence-electron chi connectivity index (χ4n) is 1.07. The first-order valence-electron chi connectivity index (χ1n) is 4.21. The summed E-state index contributed by atoms with van der Waals surface area (Å²) in [6, 6.07) is 2.73. The van der Waals surface area contributed by atoms with Crippen molar-refractivity contribution >= 4 is 23.3 Å². The SMILES string of the molecule is O=C(O)C(=O)Oc1cccc([N+](=O)[O-])c1[N+](=O)[O-]. The van der Waals surface area contributed by atoms with Crippen molar-refractivity contribution in [3.63, 3.8) is 0 Å². The number of benzene rings is 1. The lowest BCUT2D eigenvalue weighted by Gasteiger charge is -2.02. The number of nitro groups is 2. The number of carbonyl (C=O) groups is 2. The van der Waals surface area contributed by atoms with Gasteiger partial charge in [0.2, 0.25) is 5.75 Å². The van der Waals surface area contributed by atoms with E-state index in [-0.39, 0.29) is 0 Å². The van der Waals surface area contributed by atoms with Crippen LogP contribution in [0.15, 0.2) is 18.2 Å². The highest BCUT2D eigenvalue weighted by molar-refractivity contribution is 6.29. The summed E-state index contributed by atoms with van der Waals surface area (Å²) < 4.78 is 4.17. The maximum Gasteiger partial charge on any atom is 0.422 e. The minimum atomic E-state index is -1.98. The second kappa shape index (κ2) is 4.86. The number of ether oxygens (including phenoxy) is 1. The molecule has 0 fully saturated rings. The molecule has 1 aromatic carbocycles. The van der Waals surface area contributed by atoms with Gasteiger partial charge in [0.05, 0.1) is 9.85 Å². The zero-order chi connectivity index (χ0) is 13.9. The van der Waals surface area contributed by atoms with Crippen molar-refractivity contribution < 1.29 is 29.3 Å². The molecule has 0 aromatic heterocycles. The summed E-state index contributed by atoms with van der Waals surface area (Å²) in [6.07, 6.45) is 0. The molecule has 0 radical (unpaired) electrons. The zero-order valence-corrected chi connectivity index (χ0v) is 8.43. The van der Waals surface area contributed by atoms with E-state index < -0.39 is 38.9 Å². The molecule has 0 saturated carbocycles. The van der Waals surface area contributed by atoms with Crippen molar-refractivity contribution in [1.82, 2.24) is 0 Å². The van der Waals surface area contributed by atoms with E-state index in [1.54, 1.807) is 0 Å². The molecule has 18 heavy (non-hydrogen) atoms. The van der Waals surface area contributed by atoms with Crippen LogP contribution in [0.2, 0.25) is 0 Å². The van der Waals surface area contributed by atoms with E-state index in [4.69, 9.17) is 5.11 Å². The molecule has 0 aliphatic rings. The number of esters is 1. The number of nitrogens with zero attached hydrogens (tertiary/aromatic N) is 2. The van der Waals surface area contributed by atoms with Crippen LogP contribution in [0.25, 0.3) is 0 Å². The quantitative estimate of drug-likeness (QED) is 0.270. The molecule has 0 spiro atoms. The fraction of sp³-hybridized carbons (Fsp3) is 0. The monoisotopic (exact) mass is 256 g/mol. The number of carbonyl (C=O) groups excluding carboxylic acids is 1. The molecule has 0 bridgehead atoms. The van der Waals surface area contributed by atoms with Crippen LogP contribution >= 0.6 is 0 Å². The number of carboxylic acid groups (broad SMARTS) is 1. The summed E-state index contributed by atoms with van der Waals surface area (Å²) in [5.41, 5.74) is -1.99. The van der Waals surface area contributed by atoms with E-state index in [2.05, 4.69) is 4.74 Å². The van der Waals surface area contributed by atoms with Gasteiger partial charge in [0, 0.05) is 6.07 Å². The molecule has 1 aromatic rings. The molecule has 0 aliphatic carbocycles. The minimum Gasteiger partial charge on any atom is -0.473 e. The van der Waals surface area contributed by atoms with Gasteiger partial charge in [-0.25, -0.2) is 9.59 Å². The van der Waals surface area contributed by atoms with Gasteiger partial charge in [-0.05, 0) is 6.07 Å². The van der Waals surface area contributed by atoms with Crippen molar-refractivity contribution in [2.24, 2.45) is 0 Å². The first kappa shape index (κ1) is 13.0. The van der Waals surface area contributed by atoms with Gasteiger partial charge in [0.15, 0.2) is 0 Å². The van der Waals surface area contributed by atoms with Gasteiger partial charge < -0.3 is 9.84 Å². The van der Waals surface area contributed by atoms with Crippen LogP contribution in [-0.4, -0.2) is 26.9 Å². The van der Waals surface area contributed by atoms with Gasteiger partial charge in [-0.15, -0.1) is 0 Å². The van der Waals surface area contributed by atoms with Crippen molar-refractivity contribution in [2.75, 3.05) is 0 Å². The van der Waals surface area contributed by atoms with Gasteiger partial charge in [0.25, 0.3) is 0 Å². The molecule has 10 nitrogen and oxygen atoms in total. The molecule has 0 atom stereocenters. The number of nitro benzene ring substituents is 2. The van der Waals surface area contributed by atoms with Crippen LogP contribution in [0, 0.1) is 20.2 Å². The van der Waals surface area contributed by atoms with Crippen molar-refractivity contribution in [1.29, 1.82) is 0 Å². The third-order valence-electron chi connectivity index (χ3n) is 1.73. The normalized spacial score (nSPS) is 9.56. The average molecular weight is 256 g/mol. The summed E-state index contributed by atoms with van der Waals surface area (Å²) >= 11 is 0. The zero-order valence-electron chi connectivity index (χ0n) is 8.43. The molecule has 0 heterocycles. The molecule has 0 saturated heterocycles. The molecule has 0 aliphatic heterocycles. The number of rotatable bonds is 3. The summed E-state index contributed by atoms with van der Waals surface area (Å²) in [5.74, 6) is -4.56. The maximum atomic E-state index is 10.8. The summed E-state index contributed by atoms with van der Waals surface area (Å²) in [6.45, 7) is 0. The maximum absolute atomic E-state index is 10.8. The van der Waals surface area contributed by atoms with Gasteiger partial charge in [-0.3, -0.25) is 20.2 Å². The predicted molar refractivity (Wildman–Crippen MR) is 53.0 cm³/mol. The van der Waals surface area contributed by atoms with Gasteiger partial charge in [-0.2, -0.15) is 0 Å². The third kappa shape index (κ3) is 2.55. The first-order valence-corrected chi connectivity index (χ1v) is 4.21. The molecular weight excluding hydrogens is 252 g/mol. The minimum absolute atomic E-state index is 0.804. The van der Waals surface area contributed by atoms with Crippen LogP contribution in [0.5, 0.6) is 5.75 Å². The Hall–Kier alpha value is -3.04. The lowest BCUT2D eigenvalue weighted by atomic mass is 10.2. The van der Waals surface area contributed by atoms with Gasteiger partial charge in [0.1, 0.15) is 0 Å².